The van der Waals surface area contributed by atoms with E-state index in [-0.39, 0.29) is 42.1 Å². The van der Waals surface area contributed by atoms with E-state index in [2.05, 4.69) is 0 Å². The minimum Gasteiger partial charge on any atom is -0.497 e. The number of halogens is 1. The Bertz CT molecular complexity index is 1160. The number of carbonyl (C=O) groups is 1. The quantitative estimate of drug-likeness (QED) is 0.417. The minimum atomic E-state index is -4.01. The fourth-order valence-electron chi connectivity index (χ4n) is 3.05. The second kappa shape index (κ2) is 10.9. The molecule has 7 nitrogen and oxygen atoms in total. The average molecular weight is 474 g/mol. The van der Waals surface area contributed by atoms with Gasteiger partial charge >= 0.3 is 10.1 Å². The fourth-order valence-corrected chi connectivity index (χ4v) is 3.98. The Morgan fingerprint density at radius 3 is 1.85 bits per heavy atom. The summed E-state index contributed by atoms with van der Waals surface area (Å²) in [6.45, 7) is 0.431. The van der Waals surface area contributed by atoms with Crippen LogP contribution < -0.4 is 8.92 Å². The normalized spacial score (nSPS) is 11.1. The monoisotopic (exact) mass is 473 g/mol. The van der Waals surface area contributed by atoms with Crippen molar-refractivity contribution < 1.29 is 31.3 Å². The average Bonchev–Trinajstić information content (AvgIpc) is 2.81. The zero-order valence-corrected chi connectivity index (χ0v) is 19.0. The van der Waals surface area contributed by atoms with Gasteiger partial charge in [0, 0.05) is 20.2 Å². The van der Waals surface area contributed by atoms with Gasteiger partial charge in [-0.2, -0.15) is 8.42 Å². The lowest BCUT2D eigenvalue weighted by Gasteiger charge is -2.23. The van der Waals surface area contributed by atoms with Crippen LogP contribution in [0.5, 0.6) is 11.5 Å². The Labute approximate surface area is 192 Å². The van der Waals surface area contributed by atoms with Crippen molar-refractivity contribution in [1.82, 2.24) is 4.90 Å². The molecule has 0 saturated heterocycles. The number of methoxy groups -OCH3 is 2. The summed E-state index contributed by atoms with van der Waals surface area (Å²) in [5.74, 6) is 0.0901. The summed E-state index contributed by atoms with van der Waals surface area (Å²) in [5.41, 5.74) is 1.53. The minimum absolute atomic E-state index is 0.00279. The third-order valence-corrected chi connectivity index (χ3v) is 6.02. The van der Waals surface area contributed by atoms with Crippen molar-refractivity contribution in [2.24, 2.45) is 0 Å². The lowest BCUT2D eigenvalue weighted by atomic mass is 10.1. The summed E-state index contributed by atoms with van der Waals surface area (Å²) in [7, 11) is -1.08. The Balaban J connectivity index is 1.70. The van der Waals surface area contributed by atoms with Crippen LogP contribution >= 0.6 is 0 Å². The third kappa shape index (κ3) is 6.77. The van der Waals surface area contributed by atoms with Gasteiger partial charge in [-0.25, -0.2) is 4.39 Å². The Hall–Kier alpha value is -3.43. The summed E-state index contributed by atoms with van der Waals surface area (Å²) in [5, 5.41) is 0. The number of rotatable bonds is 10. The van der Waals surface area contributed by atoms with Crippen molar-refractivity contribution in [1.29, 1.82) is 0 Å². The molecule has 9 heteroatoms. The molecule has 3 rings (SSSR count). The molecule has 0 aliphatic rings. The maximum absolute atomic E-state index is 13.2. The Morgan fingerprint density at radius 2 is 1.33 bits per heavy atom. The van der Waals surface area contributed by atoms with Gasteiger partial charge in [-0.05, 0) is 59.7 Å². The van der Waals surface area contributed by atoms with E-state index in [1.54, 1.807) is 29.2 Å². The highest BCUT2D eigenvalue weighted by atomic mass is 32.2. The van der Waals surface area contributed by atoms with E-state index in [1.807, 2.05) is 0 Å². The molecule has 0 atom stereocenters. The first-order chi connectivity index (χ1) is 15.8. The molecule has 3 aromatic carbocycles. The van der Waals surface area contributed by atoms with E-state index < -0.39 is 10.1 Å². The maximum atomic E-state index is 13.2. The first kappa shape index (κ1) is 24.2. The highest BCUT2D eigenvalue weighted by Gasteiger charge is 2.18. The standard InChI is InChI=1S/C24H24FNO6S/c1-30-17-24(27)26(15-18-3-7-20(25)8-4-18)16-19-5-9-22(10-6-19)32-33(28,29)23-13-11-21(31-2)12-14-23/h3-14H,15-17H2,1-2H3. The highest BCUT2D eigenvalue weighted by molar-refractivity contribution is 7.87. The van der Waals surface area contributed by atoms with E-state index in [9.17, 15) is 17.6 Å². The topological polar surface area (TPSA) is 82.1 Å². The predicted molar refractivity (Wildman–Crippen MR) is 120 cm³/mol. The number of benzene rings is 3. The number of ether oxygens (including phenoxy) is 2. The molecule has 0 unspecified atom stereocenters. The molecular weight excluding hydrogens is 449 g/mol. The van der Waals surface area contributed by atoms with Gasteiger partial charge in [-0.15, -0.1) is 0 Å². The second-order valence-corrected chi connectivity index (χ2v) is 8.71. The summed E-state index contributed by atoms with van der Waals surface area (Å²) in [6.07, 6.45) is 0. The fraction of sp³-hybridized carbons (Fsp3) is 0.208. The second-order valence-electron chi connectivity index (χ2n) is 7.17. The van der Waals surface area contributed by atoms with E-state index in [0.717, 1.165) is 11.1 Å². The molecule has 0 aromatic heterocycles. The number of nitrogens with zero attached hydrogens (tertiary/aromatic N) is 1. The van der Waals surface area contributed by atoms with E-state index >= 15 is 0 Å². The largest absolute Gasteiger partial charge is 0.497 e. The number of hydrogen-bond donors (Lipinski definition) is 0. The van der Waals surface area contributed by atoms with Gasteiger partial charge < -0.3 is 18.6 Å². The van der Waals surface area contributed by atoms with Crippen LogP contribution in [0.2, 0.25) is 0 Å². The zero-order chi connectivity index (χ0) is 23.8. The van der Waals surface area contributed by atoms with Crippen LogP contribution in [-0.4, -0.2) is 40.1 Å². The molecule has 0 fully saturated rings. The van der Waals surface area contributed by atoms with Gasteiger partial charge in [0.15, 0.2) is 0 Å². The molecule has 0 radical (unpaired) electrons. The summed E-state index contributed by atoms with van der Waals surface area (Å²) in [6, 6.07) is 18.2. The number of carbonyl (C=O) groups excluding carboxylic acids is 1. The highest BCUT2D eigenvalue weighted by Crippen LogP contribution is 2.22. The molecular formula is C24H24FNO6S. The molecule has 0 heterocycles. The van der Waals surface area contributed by atoms with Crippen molar-refractivity contribution >= 4 is 16.0 Å². The van der Waals surface area contributed by atoms with Crippen molar-refractivity contribution in [3.8, 4) is 11.5 Å². The molecule has 0 aliphatic carbocycles. The molecule has 3 aromatic rings. The first-order valence-corrected chi connectivity index (χ1v) is 11.4. The van der Waals surface area contributed by atoms with Gasteiger partial charge in [0.25, 0.3) is 0 Å². The molecule has 33 heavy (non-hydrogen) atoms. The summed E-state index contributed by atoms with van der Waals surface area (Å²) < 4.78 is 53.4. The van der Waals surface area contributed by atoms with Crippen LogP contribution in [0.15, 0.2) is 77.7 Å². The molecule has 0 aliphatic heterocycles. The maximum Gasteiger partial charge on any atom is 0.339 e. The zero-order valence-electron chi connectivity index (χ0n) is 18.2. The molecule has 0 saturated carbocycles. The van der Waals surface area contributed by atoms with E-state index in [4.69, 9.17) is 13.7 Å². The Morgan fingerprint density at radius 1 is 0.818 bits per heavy atom. The van der Waals surface area contributed by atoms with Crippen LogP contribution in [0, 0.1) is 5.82 Å². The summed E-state index contributed by atoms with van der Waals surface area (Å²) in [4.78, 5) is 14.1. The lowest BCUT2D eigenvalue weighted by molar-refractivity contribution is -0.136. The van der Waals surface area contributed by atoms with Crippen LogP contribution in [-0.2, 0) is 32.7 Å². The van der Waals surface area contributed by atoms with Gasteiger partial charge in [0.05, 0.1) is 7.11 Å². The molecule has 0 bridgehead atoms. The predicted octanol–water partition coefficient (Wildman–Crippen LogP) is 3.78. The van der Waals surface area contributed by atoms with Crippen LogP contribution in [0.25, 0.3) is 0 Å². The van der Waals surface area contributed by atoms with Crippen LogP contribution in [0.3, 0.4) is 0 Å². The SMILES string of the molecule is COCC(=O)N(Cc1ccc(F)cc1)Cc1ccc(OS(=O)(=O)c2ccc(OC)cc2)cc1. The van der Waals surface area contributed by atoms with Gasteiger partial charge in [0.1, 0.15) is 28.8 Å². The van der Waals surface area contributed by atoms with Crippen molar-refractivity contribution in [3.05, 3.63) is 89.7 Å². The Kier molecular flexibility index (Phi) is 8.02. The molecule has 0 spiro atoms. The third-order valence-electron chi connectivity index (χ3n) is 4.76. The van der Waals surface area contributed by atoms with Gasteiger partial charge in [-0.1, -0.05) is 24.3 Å². The smallest absolute Gasteiger partial charge is 0.339 e. The molecule has 0 N–H and O–H groups in total. The van der Waals surface area contributed by atoms with Gasteiger partial charge in [0.2, 0.25) is 5.91 Å². The van der Waals surface area contributed by atoms with E-state index in [0.29, 0.717) is 5.75 Å². The molecule has 174 valence electrons. The number of hydrogen-bond acceptors (Lipinski definition) is 6. The van der Waals surface area contributed by atoms with Crippen LogP contribution in [0.1, 0.15) is 11.1 Å². The van der Waals surface area contributed by atoms with Crippen molar-refractivity contribution in [2.45, 2.75) is 18.0 Å². The van der Waals surface area contributed by atoms with Crippen molar-refractivity contribution in [2.75, 3.05) is 20.8 Å². The number of amides is 1. The van der Waals surface area contributed by atoms with Crippen LogP contribution in [0.4, 0.5) is 4.39 Å². The lowest BCUT2D eigenvalue weighted by Crippen LogP contribution is -2.32. The summed E-state index contributed by atoms with van der Waals surface area (Å²) >= 11 is 0. The van der Waals surface area contributed by atoms with Crippen molar-refractivity contribution in [3.63, 3.8) is 0 Å². The first-order valence-electron chi connectivity index (χ1n) is 9.99. The van der Waals surface area contributed by atoms with Gasteiger partial charge in [-0.3, -0.25) is 4.79 Å². The molecule has 1 amide bonds. The van der Waals surface area contributed by atoms with E-state index in [1.165, 1.54) is 62.8 Å².